The molecule has 4 rings (SSSR count). The summed E-state index contributed by atoms with van der Waals surface area (Å²) in [4.78, 5) is 4.54. The number of nitriles is 1. The van der Waals surface area contributed by atoms with Crippen LogP contribution in [0.3, 0.4) is 0 Å². The summed E-state index contributed by atoms with van der Waals surface area (Å²) < 4.78 is 22.6. The smallest absolute Gasteiger partial charge is 0.168 e. The molecule has 0 aliphatic rings. The Morgan fingerprint density at radius 3 is 2.68 bits per heavy atom. The third-order valence-corrected chi connectivity index (χ3v) is 7.65. The molecule has 2 unspecified atom stereocenters. The van der Waals surface area contributed by atoms with E-state index in [-0.39, 0.29) is 6.04 Å². The molecular weight excluding hydrogens is 512 g/mol. The van der Waals surface area contributed by atoms with E-state index in [2.05, 4.69) is 36.9 Å². The Morgan fingerprint density at radius 2 is 1.94 bits per heavy atom. The lowest BCUT2D eigenvalue weighted by Gasteiger charge is -2.29. The normalized spacial score (nSPS) is 13.6. The van der Waals surface area contributed by atoms with Gasteiger partial charge in [-0.3, -0.25) is 0 Å². The number of aromatic nitrogens is 2. The maximum atomic E-state index is 13.2. The molecule has 0 radical (unpaired) electrons. The van der Waals surface area contributed by atoms with Crippen molar-refractivity contribution in [2.75, 3.05) is 0 Å². The summed E-state index contributed by atoms with van der Waals surface area (Å²) in [5.41, 5.74) is 5.34. The summed E-state index contributed by atoms with van der Waals surface area (Å²) in [6, 6.07) is 19.1. The second kappa shape index (κ2) is 9.88. The van der Waals surface area contributed by atoms with E-state index < -0.39 is 16.1 Å². The fraction of sp³-hybridized carbons (Fsp3) is 0.269. The minimum absolute atomic E-state index is 0.335. The van der Waals surface area contributed by atoms with Crippen molar-refractivity contribution in [2.45, 2.75) is 44.9 Å². The first-order chi connectivity index (χ1) is 16.2. The molecule has 1 N–H and O–H groups in total. The zero-order valence-electron chi connectivity index (χ0n) is 19.4. The van der Waals surface area contributed by atoms with Gasteiger partial charge in [0.05, 0.1) is 6.04 Å². The molecule has 0 aliphatic heterocycles. The minimum atomic E-state index is -1.33. The Bertz CT molecular complexity index is 1370. The quantitative estimate of drug-likeness (QED) is 0.296. The van der Waals surface area contributed by atoms with Crippen molar-refractivity contribution in [3.63, 3.8) is 0 Å². The molecule has 0 aliphatic carbocycles. The molecule has 0 saturated heterocycles. The van der Waals surface area contributed by atoms with Crippen LogP contribution in [-0.2, 0) is 17.8 Å². The van der Waals surface area contributed by atoms with E-state index in [1.807, 2.05) is 76.2 Å². The zero-order chi connectivity index (χ0) is 24.5. The molecule has 4 aromatic rings. The van der Waals surface area contributed by atoms with Gasteiger partial charge in [0.15, 0.2) is 5.58 Å². The number of halogens is 1. The number of benzene rings is 2. The van der Waals surface area contributed by atoms with Crippen molar-refractivity contribution >= 4 is 38.3 Å². The van der Waals surface area contributed by atoms with Gasteiger partial charge in [-0.15, -0.1) is 4.72 Å². The maximum Gasteiger partial charge on any atom is 0.168 e. The van der Waals surface area contributed by atoms with Gasteiger partial charge in [0.1, 0.15) is 22.2 Å². The summed E-state index contributed by atoms with van der Waals surface area (Å²) >= 11 is 2.14. The number of aryl methyl sites for hydroxylation is 1. The number of hydrogen-bond donors (Lipinski definition) is 1. The zero-order valence-corrected chi connectivity index (χ0v) is 21.8. The number of nitrogens with zero attached hydrogens (tertiary/aromatic N) is 3. The lowest BCUT2D eigenvalue weighted by molar-refractivity contribution is 0.459. The van der Waals surface area contributed by atoms with E-state index >= 15 is 0 Å². The highest BCUT2D eigenvalue weighted by atomic mass is 79.9. The van der Waals surface area contributed by atoms with Gasteiger partial charge in [-0.1, -0.05) is 51.4 Å². The summed E-state index contributed by atoms with van der Waals surface area (Å²) in [6.07, 6.45) is 0.460. The molecule has 0 bridgehead atoms. The minimum Gasteiger partial charge on any atom is -0.598 e. The van der Waals surface area contributed by atoms with Crippen molar-refractivity contribution in [3.8, 4) is 17.3 Å². The average Bonchev–Trinajstić information content (AvgIpc) is 3.22. The second-order valence-electron chi connectivity index (χ2n) is 9.09. The molecule has 0 spiro atoms. The number of pyridine rings is 1. The lowest BCUT2D eigenvalue weighted by atomic mass is 9.93. The molecule has 2 aromatic heterocycles. The van der Waals surface area contributed by atoms with E-state index in [9.17, 15) is 9.81 Å². The van der Waals surface area contributed by atoms with Crippen LogP contribution in [0.5, 0.6) is 0 Å². The van der Waals surface area contributed by atoms with Gasteiger partial charge in [-0.2, -0.15) is 5.26 Å². The van der Waals surface area contributed by atoms with E-state index in [4.69, 9.17) is 4.52 Å². The summed E-state index contributed by atoms with van der Waals surface area (Å²) in [6.45, 7) is 7.77. The van der Waals surface area contributed by atoms with Crippen LogP contribution in [0.15, 0.2) is 63.6 Å². The van der Waals surface area contributed by atoms with Crippen molar-refractivity contribution in [1.29, 1.82) is 5.26 Å². The molecule has 2 heterocycles. The Balaban J connectivity index is 1.83. The van der Waals surface area contributed by atoms with E-state index in [0.717, 1.165) is 37.9 Å². The first-order valence-electron chi connectivity index (χ1n) is 10.9. The van der Waals surface area contributed by atoms with Crippen LogP contribution in [-0.4, -0.2) is 19.4 Å². The van der Waals surface area contributed by atoms with Gasteiger partial charge < -0.3 is 9.08 Å². The Kier molecular flexibility index (Phi) is 7.10. The van der Waals surface area contributed by atoms with Gasteiger partial charge in [-0.05, 0) is 63.1 Å². The molecule has 34 heavy (non-hydrogen) atoms. The number of rotatable bonds is 6. The van der Waals surface area contributed by atoms with Crippen LogP contribution in [0.1, 0.15) is 49.3 Å². The van der Waals surface area contributed by atoms with Crippen molar-refractivity contribution in [2.24, 2.45) is 0 Å². The third-order valence-electron chi connectivity index (χ3n) is 5.54. The maximum absolute atomic E-state index is 13.2. The van der Waals surface area contributed by atoms with Gasteiger partial charge >= 0.3 is 0 Å². The molecule has 8 heteroatoms. The molecule has 2 atom stereocenters. The molecule has 0 amide bonds. The van der Waals surface area contributed by atoms with E-state index in [1.165, 1.54) is 0 Å². The van der Waals surface area contributed by atoms with Crippen LogP contribution in [0.4, 0.5) is 0 Å². The van der Waals surface area contributed by atoms with Gasteiger partial charge in [0, 0.05) is 38.9 Å². The SMILES string of the molecule is Cc1ccc(C#N)nc1CC(N[S+]([O-])C(C)(C)C)c1ccccc1-c1noc2cc(Br)ccc12. The van der Waals surface area contributed by atoms with Crippen molar-refractivity contribution < 1.29 is 9.08 Å². The molecule has 0 saturated carbocycles. The predicted octanol–water partition coefficient (Wildman–Crippen LogP) is 6.17. The topological polar surface area (TPSA) is 97.8 Å². The Morgan fingerprint density at radius 1 is 1.18 bits per heavy atom. The highest BCUT2D eigenvalue weighted by Gasteiger charge is 2.32. The standard InChI is InChI=1S/C26H25BrN4O2S/c1-16-9-11-18(15-28)29-22(16)14-23(31-34(32)26(2,3)4)19-7-5-6-8-20(19)25-21-12-10-17(27)13-24(21)33-30-25/h5-13,23,31H,14H2,1-4H3. The number of nitrogens with one attached hydrogen (secondary N) is 1. The van der Waals surface area contributed by atoms with E-state index in [1.54, 1.807) is 6.07 Å². The van der Waals surface area contributed by atoms with Crippen molar-refractivity contribution in [1.82, 2.24) is 14.9 Å². The van der Waals surface area contributed by atoms with Gasteiger partial charge in [0.2, 0.25) is 0 Å². The largest absolute Gasteiger partial charge is 0.598 e. The molecule has 2 aromatic carbocycles. The van der Waals surface area contributed by atoms with Crippen LogP contribution < -0.4 is 4.72 Å². The van der Waals surface area contributed by atoms with Crippen molar-refractivity contribution in [3.05, 3.63) is 81.6 Å². The Labute approximate surface area is 210 Å². The van der Waals surface area contributed by atoms with Gasteiger partial charge in [-0.25, -0.2) is 4.98 Å². The molecular formula is C26H25BrN4O2S. The highest BCUT2D eigenvalue weighted by Crippen LogP contribution is 2.36. The number of hydrogen-bond acceptors (Lipinski definition) is 6. The summed E-state index contributed by atoms with van der Waals surface area (Å²) in [5.74, 6) is 0. The number of fused-ring (bicyclic) bond motifs is 1. The second-order valence-corrected chi connectivity index (χ2v) is 12.0. The fourth-order valence-electron chi connectivity index (χ4n) is 3.68. The van der Waals surface area contributed by atoms with Crippen LogP contribution in [0, 0.1) is 18.3 Å². The Hall–Kier alpha value is -2.70. The fourth-order valence-corrected chi connectivity index (χ4v) is 4.84. The van der Waals surface area contributed by atoms with E-state index in [0.29, 0.717) is 17.7 Å². The highest BCUT2D eigenvalue weighted by molar-refractivity contribution is 9.10. The lowest BCUT2D eigenvalue weighted by Crippen LogP contribution is -2.42. The summed E-state index contributed by atoms with van der Waals surface area (Å²) in [5, 5.41) is 14.6. The summed E-state index contributed by atoms with van der Waals surface area (Å²) in [7, 11) is 0. The average molecular weight is 537 g/mol. The third kappa shape index (κ3) is 5.18. The molecule has 6 nitrogen and oxygen atoms in total. The van der Waals surface area contributed by atoms with Crippen LogP contribution in [0.2, 0.25) is 0 Å². The predicted molar refractivity (Wildman–Crippen MR) is 138 cm³/mol. The molecule has 174 valence electrons. The van der Waals surface area contributed by atoms with Crippen LogP contribution in [0.25, 0.3) is 22.2 Å². The molecule has 0 fully saturated rings. The first-order valence-corrected chi connectivity index (χ1v) is 12.8. The monoisotopic (exact) mass is 536 g/mol. The van der Waals surface area contributed by atoms with Gasteiger partial charge in [0.25, 0.3) is 0 Å². The van der Waals surface area contributed by atoms with Crippen LogP contribution >= 0.6 is 15.9 Å². The first kappa shape index (κ1) is 24.4.